The Kier molecular flexibility index (Phi) is 3.34. The fraction of sp³-hybridized carbons (Fsp3) is 0.923. The van der Waals surface area contributed by atoms with Crippen LogP contribution in [0.4, 0.5) is 0 Å². The van der Waals surface area contributed by atoms with Crippen LogP contribution in [0.5, 0.6) is 0 Å². The summed E-state index contributed by atoms with van der Waals surface area (Å²) in [6.07, 6.45) is 5.24. The molecule has 2 saturated carbocycles. The van der Waals surface area contributed by atoms with Gasteiger partial charge in [0.2, 0.25) is 0 Å². The number of rotatable bonds is 3. The lowest BCUT2D eigenvalue weighted by atomic mass is 9.98. The van der Waals surface area contributed by atoms with Crippen LogP contribution in [0, 0.1) is 11.8 Å². The number of hydrogen-bond donors (Lipinski definition) is 0. The van der Waals surface area contributed by atoms with Gasteiger partial charge in [-0.1, -0.05) is 0 Å². The third kappa shape index (κ3) is 2.63. The molecule has 1 aliphatic heterocycles. The van der Waals surface area contributed by atoms with Gasteiger partial charge in [-0.05, 0) is 37.5 Å². The van der Waals surface area contributed by atoms with Gasteiger partial charge in [0.15, 0.2) is 0 Å². The molecular formula is C13H21NO3. The van der Waals surface area contributed by atoms with Gasteiger partial charge in [0.1, 0.15) is 6.10 Å². The molecule has 0 amide bonds. The van der Waals surface area contributed by atoms with E-state index in [-0.39, 0.29) is 12.1 Å². The SMILES string of the molecule is O=C(CN1CCOCC1)OC1CC2CCC1C2. The van der Waals surface area contributed by atoms with E-state index in [9.17, 15) is 4.79 Å². The maximum Gasteiger partial charge on any atom is 0.320 e. The van der Waals surface area contributed by atoms with Crippen molar-refractivity contribution in [1.82, 2.24) is 4.90 Å². The second-order valence-corrected chi connectivity index (χ2v) is 5.59. The predicted octanol–water partition coefficient (Wildman–Crippen LogP) is 1.05. The molecule has 17 heavy (non-hydrogen) atoms. The molecule has 1 heterocycles. The molecule has 0 aromatic rings. The van der Waals surface area contributed by atoms with Crippen molar-refractivity contribution in [2.75, 3.05) is 32.8 Å². The lowest BCUT2D eigenvalue weighted by molar-refractivity contribution is -0.153. The highest BCUT2D eigenvalue weighted by atomic mass is 16.5. The Bertz CT molecular complexity index is 288. The molecule has 3 fully saturated rings. The molecule has 4 heteroatoms. The van der Waals surface area contributed by atoms with Gasteiger partial charge < -0.3 is 9.47 Å². The first-order valence-electron chi connectivity index (χ1n) is 6.81. The average molecular weight is 239 g/mol. The Hall–Kier alpha value is -0.610. The summed E-state index contributed by atoms with van der Waals surface area (Å²) in [7, 11) is 0. The van der Waals surface area contributed by atoms with E-state index in [1.807, 2.05) is 0 Å². The van der Waals surface area contributed by atoms with Crippen molar-refractivity contribution in [1.29, 1.82) is 0 Å². The average Bonchev–Trinajstić information content (AvgIpc) is 2.92. The molecule has 0 aromatic carbocycles. The Morgan fingerprint density at radius 2 is 2.06 bits per heavy atom. The molecule has 0 radical (unpaired) electrons. The first-order valence-corrected chi connectivity index (χ1v) is 6.81. The normalized spacial score (nSPS) is 37.3. The van der Waals surface area contributed by atoms with Crippen molar-refractivity contribution in [2.45, 2.75) is 31.8 Å². The Labute approximate surface area is 102 Å². The predicted molar refractivity (Wildman–Crippen MR) is 62.6 cm³/mol. The summed E-state index contributed by atoms with van der Waals surface area (Å²) in [6.45, 7) is 3.62. The van der Waals surface area contributed by atoms with Crippen LogP contribution in [0.25, 0.3) is 0 Å². The minimum absolute atomic E-state index is 0.0375. The van der Waals surface area contributed by atoms with Crippen LogP contribution in [0.2, 0.25) is 0 Å². The van der Waals surface area contributed by atoms with Crippen molar-refractivity contribution in [3.63, 3.8) is 0 Å². The molecule has 3 aliphatic rings. The van der Waals surface area contributed by atoms with E-state index in [1.54, 1.807) is 0 Å². The number of carbonyl (C=O) groups excluding carboxylic acids is 1. The fourth-order valence-corrected chi connectivity index (χ4v) is 3.48. The van der Waals surface area contributed by atoms with Gasteiger partial charge in [0.05, 0.1) is 19.8 Å². The number of esters is 1. The van der Waals surface area contributed by atoms with Gasteiger partial charge in [0.25, 0.3) is 0 Å². The highest BCUT2D eigenvalue weighted by molar-refractivity contribution is 5.72. The van der Waals surface area contributed by atoms with Gasteiger partial charge in [-0.15, -0.1) is 0 Å². The summed E-state index contributed by atoms with van der Waals surface area (Å²) in [6, 6.07) is 0. The van der Waals surface area contributed by atoms with Crippen LogP contribution in [0.15, 0.2) is 0 Å². The molecule has 4 nitrogen and oxygen atoms in total. The summed E-state index contributed by atoms with van der Waals surface area (Å²) in [4.78, 5) is 14.0. The number of carbonyl (C=O) groups is 1. The topological polar surface area (TPSA) is 38.8 Å². The first kappa shape index (κ1) is 11.5. The monoisotopic (exact) mass is 239 g/mol. The van der Waals surface area contributed by atoms with Crippen molar-refractivity contribution in [2.24, 2.45) is 11.8 Å². The second kappa shape index (κ2) is 4.94. The van der Waals surface area contributed by atoms with E-state index in [0.29, 0.717) is 12.5 Å². The van der Waals surface area contributed by atoms with Crippen molar-refractivity contribution in [3.8, 4) is 0 Å². The van der Waals surface area contributed by atoms with E-state index in [1.165, 1.54) is 19.3 Å². The molecular weight excluding hydrogens is 218 g/mol. The highest BCUT2D eigenvalue weighted by Gasteiger charge is 2.41. The molecule has 2 aliphatic carbocycles. The number of fused-ring (bicyclic) bond motifs is 2. The summed E-state index contributed by atoms with van der Waals surface area (Å²) in [5.74, 6) is 1.46. The van der Waals surface area contributed by atoms with Crippen LogP contribution in [-0.2, 0) is 14.3 Å². The number of nitrogens with zero attached hydrogens (tertiary/aromatic N) is 1. The third-order valence-electron chi connectivity index (χ3n) is 4.41. The van der Waals surface area contributed by atoms with Crippen molar-refractivity contribution >= 4 is 5.97 Å². The van der Waals surface area contributed by atoms with E-state index in [4.69, 9.17) is 9.47 Å². The van der Waals surface area contributed by atoms with Crippen molar-refractivity contribution < 1.29 is 14.3 Å². The summed E-state index contributed by atoms with van der Waals surface area (Å²) in [5.41, 5.74) is 0. The fourth-order valence-electron chi connectivity index (χ4n) is 3.48. The molecule has 3 unspecified atom stereocenters. The Morgan fingerprint density at radius 3 is 2.71 bits per heavy atom. The number of morpholine rings is 1. The van der Waals surface area contributed by atoms with Crippen molar-refractivity contribution in [3.05, 3.63) is 0 Å². The van der Waals surface area contributed by atoms with Gasteiger partial charge in [0, 0.05) is 13.1 Å². The van der Waals surface area contributed by atoms with Crippen LogP contribution in [-0.4, -0.2) is 49.8 Å². The summed E-state index contributed by atoms with van der Waals surface area (Å²) < 4.78 is 10.9. The Balaban J connectivity index is 1.44. The smallest absolute Gasteiger partial charge is 0.320 e. The molecule has 96 valence electrons. The summed E-state index contributed by atoms with van der Waals surface area (Å²) >= 11 is 0. The van der Waals surface area contributed by atoms with Crippen LogP contribution in [0.3, 0.4) is 0 Å². The van der Waals surface area contributed by atoms with Gasteiger partial charge in [-0.3, -0.25) is 9.69 Å². The molecule has 0 N–H and O–H groups in total. The minimum atomic E-state index is -0.0375. The standard InChI is InChI=1S/C13H21NO3/c15-13(9-14-3-5-16-6-4-14)17-12-8-10-1-2-11(12)7-10/h10-12H,1-9H2. The van der Waals surface area contributed by atoms with Gasteiger partial charge in [-0.2, -0.15) is 0 Å². The lowest BCUT2D eigenvalue weighted by Crippen LogP contribution is -2.41. The largest absolute Gasteiger partial charge is 0.461 e. The molecule has 1 saturated heterocycles. The number of hydrogen-bond acceptors (Lipinski definition) is 4. The summed E-state index contributed by atoms with van der Waals surface area (Å²) in [5, 5.41) is 0. The molecule has 0 spiro atoms. The lowest BCUT2D eigenvalue weighted by Gasteiger charge is -2.27. The highest BCUT2D eigenvalue weighted by Crippen LogP contribution is 2.45. The Morgan fingerprint density at radius 1 is 1.24 bits per heavy atom. The van der Waals surface area contributed by atoms with E-state index in [0.717, 1.165) is 38.6 Å². The number of ether oxygens (including phenoxy) is 2. The quantitative estimate of drug-likeness (QED) is 0.690. The maximum atomic E-state index is 11.8. The van der Waals surface area contributed by atoms with Crippen LogP contribution in [0.1, 0.15) is 25.7 Å². The van der Waals surface area contributed by atoms with Crippen LogP contribution >= 0.6 is 0 Å². The first-order chi connectivity index (χ1) is 8.31. The van der Waals surface area contributed by atoms with E-state index in [2.05, 4.69) is 4.90 Å². The molecule has 3 atom stereocenters. The zero-order valence-corrected chi connectivity index (χ0v) is 10.3. The van der Waals surface area contributed by atoms with Crippen LogP contribution < -0.4 is 0 Å². The minimum Gasteiger partial charge on any atom is -0.461 e. The van der Waals surface area contributed by atoms with E-state index < -0.39 is 0 Å². The maximum absolute atomic E-state index is 11.8. The third-order valence-corrected chi connectivity index (χ3v) is 4.41. The molecule has 3 rings (SSSR count). The molecule has 2 bridgehead atoms. The molecule has 0 aromatic heterocycles. The zero-order valence-electron chi connectivity index (χ0n) is 10.3. The zero-order chi connectivity index (χ0) is 11.7. The van der Waals surface area contributed by atoms with Gasteiger partial charge in [-0.25, -0.2) is 0 Å². The van der Waals surface area contributed by atoms with Gasteiger partial charge >= 0.3 is 5.97 Å². The van der Waals surface area contributed by atoms with E-state index >= 15 is 0 Å². The second-order valence-electron chi connectivity index (χ2n) is 5.59.